The number of nitrogens with zero attached hydrogens (tertiary/aromatic N) is 1. The van der Waals surface area contributed by atoms with Crippen molar-refractivity contribution in [3.63, 3.8) is 0 Å². The molecule has 0 radical (unpaired) electrons. The van der Waals surface area contributed by atoms with E-state index in [1.165, 1.54) is 0 Å². The SMILES string of the molecule is O=C(NN=Cc1ccc(O)cc1)C1CC1(c1ccc(Cl)cc1)c1ccc(Cl)cc1. The minimum Gasteiger partial charge on any atom is -0.508 e. The second-order valence-electron chi connectivity index (χ2n) is 7.07. The Bertz CT molecular complexity index is 1000. The zero-order chi connectivity index (χ0) is 20.4. The van der Waals surface area contributed by atoms with Crippen molar-refractivity contribution in [2.24, 2.45) is 11.0 Å². The maximum atomic E-state index is 12.8. The summed E-state index contributed by atoms with van der Waals surface area (Å²) in [5.41, 5.74) is 5.06. The molecule has 1 fully saturated rings. The molecule has 1 amide bonds. The van der Waals surface area contributed by atoms with Crippen LogP contribution in [0.4, 0.5) is 0 Å². The smallest absolute Gasteiger partial charge is 0.244 e. The Hall–Kier alpha value is -2.82. The second kappa shape index (κ2) is 7.90. The van der Waals surface area contributed by atoms with E-state index < -0.39 is 5.41 Å². The Kier molecular flexibility index (Phi) is 5.31. The highest BCUT2D eigenvalue weighted by Gasteiger charge is 2.60. The molecule has 1 unspecified atom stereocenters. The highest BCUT2D eigenvalue weighted by Crippen LogP contribution is 2.59. The molecule has 1 atom stereocenters. The summed E-state index contributed by atoms with van der Waals surface area (Å²) in [7, 11) is 0. The summed E-state index contributed by atoms with van der Waals surface area (Å²) >= 11 is 12.1. The highest BCUT2D eigenvalue weighted by molar-refractivity contribution is 6.30. The first-order valence-electron chi connectivity index (χ1n) is 9.13. The molecule has 3 aromatic carbocycles. The van der Waals surface area contributed by atoms with Gasteiger partial charge in [-0.15, -0.1) is 0 Å². The van der Waals surface area contributed by atoms with Gasteiger partial charge in [-0.25, -0.2) is 5.43 Å². The summed E-state index contributed by atoms with van der Waals surface area (Å²) in [6.45, 7) is 0. The van der Waals surface area contributed by atoms with Gasteiger partial charge in [-0.05, 0) is 71.6 Å². The number of hydrazone groups is 1. The number of rotatable bonds is 5. The topological polar surface area (TPSA) is 61.7 Å². The zero-order valence-electron chi connectivity index (χ0n) is 15.3. The molecule has 4 nitrogen and oxygen atoms in total. The van der Waals surface area contributed by atoms with Crippen molar-refractivity contribution >= 4 is 35.3 Å². The van der Waals surface area contributed by atoms with Gasteiger partial charge in [-0.3, -0.25) is 4.79 Å². The predicted octanol–water partition coefficient (Wildman–Crippen LogP) is 5.16. The predicted molar refractivity (Wildman–Crippen MR) is 116 cm³/mol. The molecule has 0 bridgehead atoms. The van der Waals surface area contributed by atoms with Crippen LogP contribution in [-0.4, -0.2) is 17.2 Å². The lowest BCUT2D eigenvalue weighted by Crippen LogP contribution is -2.25. The lowest BCUT2D eigenvalue weighted by Gasteiger charge is -2.19. The largest absolute Gasteiger partial charge is 0.508 e. The molecule has 1 aliphatic carbocycles. The summed E-state index contributed by atoms with van der Waals surface area (Å²) in [5.74, 6) is -0.216. The van der Waals surface area contributed by atoms with Gasteiger partial charge >= 0.3 is 0 Å². The van der Waals surface area contributed by atoms with E-state index in [2.05, 4.69) is 10.5 Å². The van der Waals surface area contributed by atoms with Crippen molar-refractivity contribution in [3.05, 3.63) is 99.5 Å². The third kappa shape index (κ3) is 4.00. The lowest BCUT2D eigenvalue weighted by molar-refractivity contribution is -0.122. The third-order valence-corrected chi connectivity index (χ3v) is 5.78. The molecule has 0 spiro atoms. The number of phenols is 1. The number of benzene rings is 3. The Labute approximate surface area is 178 Å². The van der Waals surface area contributed by atoms with Gasteiger partial charge in [0, 0.05) is 15.5 Å². The van der Waals surface area contributed by atoms with Crippen LogP contribution >= 0.6 is 23.2 Å². The quantitative estimate of drug-likeness (QED) is 0.439. The summed E-state index contributed by atoms with van der Waals surface area (Å²) in [6, 6.07) is 21.8. The zero-order valence-corrected chi connectivity index (χ0v) is 16.9. The van der Waals surface area contributed by atoms with Crippen LogP contribution in [0, 0.1) is 5.92 Å². The van der Waals surface area contributed by atoms with E-state index in [0.717, 1.165) is 16.7 Å². The van der Waals surface area contributed by atoms with Crippen LogP contribution in [0.3, 0.4) is 0 Å². The van der Waals surface area contributed by atoms with E-state index in [4.69, 9.17) is 23.2 Å². The fraction of sp³-hybridized carbons (Fsp3) is 0.130. The fourth-order valence-corrected chi connectivity index (χ4v) is 3.94. The number of phenolic OH excluding ortho intramolecular Hbond substituents is 1. The first-order valence-corrected chi connectivity index (χ1v) is 9.89. The van der Waals surface area contributed by atoms with Crippen LogP contribution in [0.1, 0.15) is 23.1 Å². The average Bonchev–Trinajstić information content (AvgIpc) is 3.47. The molecule has 4 rings (SSSR count). The van der Waals surface area contributed by atoms with Crippen LogP contribution in [-0.2, 0) is 10.2 Å². The molecule has 1 aliphatic rings. The molecular formula is C23H18Cl2N2O2. The van der Waals surface area contributed by atoms with Gasteiger partial charge in [0.1, 0.15) is 5.75 Å². The first kappa shape index (κ1) is 19.5. The summed E-state index contributed by atoms with van der Waals surface area (Å²) in [6.07, 6.45) is 2.23. The number of hydrogen-bond donors (Lipinski definition) is 2. The average molecular weight is 425 g/mol. The number of carbonyl (C=O) groups is 1. The molecule has 29 heavy (non-hydrogen) atoms. The van der Waals surface area contributed by atoms with Crippen molar-refractivity contribution in [2.45, 2.75) is 11.8 Å². The lowest BCUT2D eigenvalue weighted by atomic mass is 9.85. The Morgan fingerprint density at radius 3 is 1.97 bits per heavy atom. The van der Waals surface area contributed by atoms with Crippen molar-refractivity contribution < 1.29 is 9.90 Å². The molecule has 0 saturated heterocycles. The van der Waals surface area contributed by atoms with Crippen molar-refractivity contribution in [2.75, 3.05) is 0 Å². The van der Waals surface area contributed by atoms with Gasteiger partial charge in [0.2, 0.25) is 5.91 Å². The van der Waals surface area contributed by atoms with Gasteiger partial charge in [0.25, 0.3) is 0 Å². The molecule has 0 aromatic heterocycles. The fourth-order valence-electron chi connectivity index (χ4n) is 3.69. The molecular weight excluding hydrogens is 407 g/mol. The molecule has 0 heterocycles. The van der Waals surface area contributed by atoms with Gasteiger partial charge < -0.3 is 5.11 Å². The maximum absolute atomic E-state index is 12.8. The molecule has 1 saturated carbocycles. The summed E-state index contributed by atoms with van der Waals surface area (Å²) < 4.78 is 0. The van der Waals surface area contributed by atoms with Crippen LogP contribution in [0.15, 0.2) is 77.9 Å². The molecule has 2 N–H and O–H groups in total. The van der Waals surface area contributed by atoms with Crippen LogP contribution in [0.25, 0.3) is 0 Å². The number of nitrogens with one attached hydrogen (secondary N) is 1. The molecule has 6 heteroatoms. The summed E-state index contributed by atoms with van der Waals surface area (Å²) in [5, 5.41) is 14.7. The molecule has 0 aliphatic heterocycles. The van der Waals surface area contributed by atoms with E-state index in [-0.39, 0.29) is 17.6 Å². The second-order valence-corrected chi connectivity index (χ2v) is 7.94. The minimum absolute atomic E-state index is 0.148. The highest BCUT2D eigenvalue weighted by atomic mass is 35.5. The van der Waals surface area contributed by atoms with E-state index in [1.807, 2.05) is 48.5 Å². The third-order valence-electron chi connectivity index (χ3n) is 5.28. The van der Waals surface area contributed by atoms with Crippen LogP contribution < -0.4 is 5.43 Å². The molecule has 3 aromatic rings. The number of hydrogen-bond acceptors (Lipinski definition) is 3. The Balaban J connectivity index is 1.56. The maximum Gasteiger partial charge on any atom is 0.244 e. The van der Waals surface area contributed by atoms with Crippen molar-refractivity contribution in [1.29, 1.82) is 0 Å². The van der Waals surface area contributed by atoms with E-state index in [1.54, 1.807) is 30.5 Å². The number of aromatic hydroxyl groups is 1. The first-order chi connectivity index (χ1) is 14.0. The normalized spacial score (nSPS) is 17.2. The number of amides is 1. The van der Waals surface area contributed by atoms with Gasteiger partial charge in [-0.1, -0.05) is 47.5 Å². The summed E-state index contributed by atoms with van der Waals surface area (Å²) in [4.78, 5) is 12.8. The van der Waals surface area contributed by atoms with Crippen LogP contribution in [0.5, 0.6) is 5.75 Å². The Morgan fingerprint density at radius 1 is 0.931 bits per heavy atom. The van der Waals surface area contributed by atoms with E-state index in [9.17, 15) is 9.90 Å². The monoisotopic (exact) mass is 424 g/mol. The Morgan fingerprint density at radius 2 is 1.45 bits per heavy atom. The van der Waals surface area contributed by atoms with Gasteiger partial charge in [-0.2, -0.15) is 5.10 Å². The van der Waals surface area contributed by atoms with Crippen molar-refractivity contribution in [3.8, 4) is 5.75 Å². The van der Waals surface area contributed by atoms with E-state index in [0.29, 0.717) is 16.5 Å². The van der Waals surface area contributed by atoms with Crippen LogP contribution in [0.2, 0.25) is 10.0 Å². The molecule has 146 valence electrons. The van der Waals surface area contributed by atoms with E-state index >= 15 is 0 Å². The number of carbonyl (C=O) groups excluding carboxylic acids is 1. The standard InChI is InChI=1S/C23H18Cl2N2O2/c24-18-7-3-16(4-8-18)23(17-5-9-19(25)10-6-17)13-21(23)22(29)27-26-14-15-1-11-20(28)12-2-15/h1-12,14,21,28H,13H2,(H,27,29). The number of halogens is 2. The van der Waals surface area contributed by atoms with Gasteiger partial charge in [0.05, 0.1) is 12.1 Å². The van der Waals surface area contributed by atoms with Crippen molar-refractivity contribution in [1.82, 2.24) is 5.43 Å². The minimum atomic E-state index is -0.423. The van der Waals surface area contributed by atoms with Gasteiger partial charge in [0.15, 0.2) is 0 Å².